The van der Waals surface area contributed by atoms with Gasteiger partial charge in [-0.15, -0.1) is 11.8 Å². The maximum absolute atomic E-state index is 12.5. The van der Waals surface area contributed by atoms with Gasteiger partial charge in [0.1, 0.15) is 17.0 Å². The van der Waals surface area contributed by atoms with E-state index in [0.29, 0.717) is 18.0 Å². The number of nitrogens with one attached hydrogen (secondary N) is 1. The van der Waals surface area contributed by atoms with Crippen LogP contribution >= 0.6 is 11.8 Å². The number of carbonyl (C=O) groups is 2. The number of aromatic nitrogens is 1. The second-order valence-corrected chi connectivity index (χ2v) is 7.44. The molecule has 1 N–H and O–H groups in total. The molecular weight excluding hydrogens is 388 g/mol. The molecule has 0 fully saturated rings. The van der Waals surface area contributed by atoms with Crippen molar-refractivity contribution in [2.45, 2.75) is 18.2 Å². The Morgan fingerprint density at radius 2 is 1.76 bits per heavy atom. The van der Waals surface area contributed by atoms with Gasteiger partial charge >= 0.3 is 5.97 Å². The smallest absolute Gasteiger partial charge is 0.344 e. The van der Waals surface area contributed by atoms with E-state index < -0.39 is 5.97 Å². The van der Waals surface area contributed by atoms with Gasteiger partial charge in [-0.25, -0.2) is 4.79 Å². The number of ether oxygens (including phenoxy) is 1. The van der Waals surface area contributed by atoms with Crippen molar-refractivity contribution in [3.05, 3.63) is 72.0 Å². The molecule has 3 rings (SSSR count). The third-order valence-electron chi connectivity index (χ3n) is 4.10. The lowest BCUT2D eigenvalue weighted by Crippen LogP contribution is -2.30. The molecule has 0 bridgehead atoms. The molecular formula is C22H22N2O4S. The van der Waals surface area contributed by atoms with E-state index in [1.165, 1.54) is 4.90 Å². The first kappa shape index (κ1) is 20.7. The first-order valence-corrected chi connectivity index (χ1v) is 10.3. The van der Waals surface area contributed by atoms with Crippen LogP contribution in [0.2, 0.25) is 0 Å². The second-order valence-electron chi connectivity index (χ2n) is 6.27. The number of aryl methyl sites for hydroxylation is 1. The van der Waals surface area contributed by atoms with Crippen LogP contribution in [0, 0.1) is 6.92 Å². The summed E-state index contributed by atoms with van der Waals surface area (Å²) in [4.78, 5) is 25.6. The Bertz CT molecular complexity index is 942. The van der Waals surface area contributed by atoms with Crippen LogP contribution in [0.15, 0.2) is 70.1 Å². The number of amides is 1. The fourth-order valence-electron chi connectivity index (χ4n) is 2.67. The number of hydrogen-bond acceptors (Lipinski definition) is 6. The highest BCUT2D eigenvalue weighted by Gasteiger charge is 2.23. The van der Waals surface area contributed by atoms with Gasteiger partial charge in [0, 0.05) is 17.0 Å². The fourth-order valence-corrected chi connectivity index (χ4v) is 3.54. The topological polar surface area (TPSA) is 81.4 Å². The molecule has 2 aromatic carbocycles. The van der Waals surface area contributed by atoms with Gasteiger partial charge in [-0.1, -0.05) is 53.7 Å². The number of esters is 1. The molecule has 0 saturated carbocycles. The lowest BCUT2D eigenvalue weighted by Gasteiger charge is -2.07. The third kappa shape index (κ3) is 5.96. The Morgan fingerprint density at radius 3 is 2.48 bits per heavy atom. The van der Waals surface area contributed by atoms with Crippen LogP contribution < -0.4 is 5.32 Å². The quantitative estimate of drug-likeness (QED) is 0.325. The zero-order valence-corrected chi connectivity index (χ0v) is 16.9. The average Bonchev–Trinajstić information content (AvgIpc) is 3.14. The summed E-state index contributed by atoms with van der Waals surface area (Å²) >= 11 is 1.74. The largest absolute Gasteiger partial charge is 0.452 e. The zero-order valence-electron chi connectivity index (χ0n) is 16.1. The summed E-state index contributed by atoms with van der Waals surface area (Å²) in [5.74, 6) is 0.285. The van der Waals surface area contributed by atoms with E-state index in [4.69, 9.17) is 9.26 Å². The summed E-state index contributed by atoms with van der Waals surface area (Å²) in [6.07, 6.45) is 0.822. The first-order chi connectivity index (χ1) is 14.1. The van der Waals surface area contributed by atoms with E-state index in [-0.39, 0.29) is 18.1 Å². The number of rotatable bonds is 9. The molecule has 0 aliphatic heterocycles. The normalized spacial score (nSPS) is 10.5. The first-order valence-electron chi connectivity index (χ1n) is 9.28. The average molecular weight is 410 g/mol. The molecule has 0 radical (unpaired) electrons. The Morgan fingerprint density at radius 1 is 1.07 bits per heavy atom. The fraction of sp³-hybridized carbons (Fsp3) is 0.227. The summed E-state index contributed by atoms with van der Waals surface area (Å²) in [7, 11) is 0. The number of nitrogens with zero attached hydrogens (tertiary/aromatic N) is 1. The van der Waals surface area contributed by atoms with Gasteiger partial charge in [0.25, 0.3) is 5.91 Å². The summed E-state index contributed by atoms with van der Waals surface area (Å²) < 4.78 is 10.3. The lowest BCUT2D eigenvalue weighted by atomic mass is 10.1. The van der Waals surface area contributed by atoms with Crippen molar-refractivity contribution in [3.63, 3.8) is 0 Å². The summed E-state index contributed by atoms with van der Waals surface area (Å²) in [5, 5.41) is 6.71. The second kappa shape index (κ2) is 10.5. The van der Waals surface area contributed by atoms with Crippen molar-refractivity contribution in [2.75, 3.05) is 18.9 Å². The Hall–Kier alpha value is -3.06. The monoisotopic (exact) mass is 410 g/mol. The lowest BCUT2D eigenvalue weighted by molar-refractivity contribution is -0.124. The van der Waals surface area contributed by atoms with Crippen LogP contribution in [0.4, 0.5) is 0 Å². The highest BCUT2D eigenvalue weighted by atomic mass is 32.2. The molecule has 0 atom stereocenters. The zero-order chi connectivity index (χ0) is 20.5. The molecule has 0 aliphatic carbocycles. The predicted octanol–water partition coefficient (Wildman–Crippen LogP) is 4.11. The summed E-state index contributed by atoms with van der Waals surface area (Å²) in [5.41, 5.74) is 1.39. The molecule has 0 saturated heterocycles. The van der Waals surface area contributed by atoms with Crippen LogP contribution in [-0.4, -0.2) is 35.9 Å². The standard InChI is InChI=1S/C22H22N2O4S/c1-16-20(21(24-28-16)17-9-4-2-5-10-17)22(26)27-15-19(25)23-13-8-14-29-18-11-6-3-7-12-18/h2-7,9-12H,8,13-15H2,1H3,(H,23,25). The molecule has 3 aromatic rings. The van der Waals surface area contributed by atoms with Gasteiger partial charge in [-0.05, 0) is 31.2 Å². The minimum atomic E-state index is -0.627. The maximum Gasteiger partial charge on any atom is 0.344 e. The van der Waals surface area contributed by atoms with Crippen molar-refractivity contribution in [1.29, 1.82) is 0 Å². The molecule has 6 nitrogen and oxygen atoms in total. The molecule has 0 spiro atoms. The van der Waals surface area contributed by atoms with Crippen LogP contribution in [0.25, 0.3) is 11.3 Å². The van der Waals surface area contributed by atoms with E-state index in [9.17, 15) is 9.59 Å². The molecule has 7 heteroatoms. The van der Waals surface area contributed by atoms with Crippen LogP contribution in [0.3, 0.4) is 0 Å². The summed E-state index contributed by atoms with van der Waals surface area (Å²) in [6.45, 7) is 1.82. The Labute approximate surface area is 173 Å². The third-order valence-corrected chi connectivity index (χ3v) is 5.20. The number of hydrogen-bond donors (Lipinski definition) is 1. The Balaban J connectivity index is 1.43. The van der Waals surface area contributed by atoms with Gasteiger partial charge in [-0.3, -0.25) is 4.79 Å². The number of benzene rings is 2. The van der Waals surface area contributed by atoms with E-state index in [2.05, 4.69) is 22.6 Å². The van der Waals surface area contributed by atoms with Gasteiger partial charge in [0.15, 0.2) is 6.61 Å². The van der Waals surface area contributed by atoms with Crippen molar-refractivity contribution < 1.29 is 18.8 Å². The van der Waals surface area contributed by atoms with Gasteiger partial charge in [0.2, 0.25) is 0 Å². The SMILES string of the molecule is Cc1onc(-c2ccccc2)c1C(=O)OCC(=O)NCCCSc1ccccc1. The van der Waals surface area contributed by atoms with Crippen molar-refractivity contribution >= 4 is 23.6 Å². The highest BCUT2D eigenvalue weighted by molar-refractivity contribution is 7.99. The van der Waals surface area contributed by atoms with Crippen LogP contribution in [0.1, 0.15) is 22.5 Å². The molecule has 1 aromatic heterocycles. The van der Waals surface area contributed by atoms with E-state index >= 15 is 0 Å². The summed E-state index contributed by atoms with van der Waals surface area (Å²) in [6, 6.07) is 19.3. The van der Waals surface area contributed by atoms with E-state index in [1.807, 2.05) is 48.5 Å². The van der Waals surface area contributed by atoms with Crippen molar-refractivity contribution in [3.8, 4) is 11.3 Å². The molecule has 0 aliphatic rings. The van der Waals surface area contributed by atoms with E-state index in [1.54, 1.807) is 18.7 Å². The molecule has 1 heterocycles. The van der Waals surface area contributed by atoms with Gasteiger partial charge in [-0.2, -0.15) is 0 Å². The molecule has 1 amide bonds. The number of thioether (sulfide) groups is 1. The van der Waals surface area contributed by atoms with Crippen molar-refractivity contribution in [2.24, 2.45) is 0 Å². The van der Waals surface area contributed by atoms with E-state index in [0.717, 1.165) is 17.7 Å². The van der Waals surface area contributed by atoms with Crippen molar-refractivity contribution in [1.82, 2.24) is 10.5 Å². The minimum absolute atomic E-state index is 0.239. The minimum Gasteiger partial charge on any atom is -0.452 e. The molecule has 29 heavy (non-hydrogen) atoms. The van der Waals surface area contributed by atoms with Crippen LogP contribution in [-0.2, 0) is 9.53 Å². The maximum atomic E-state index is 12.5. The predicted molar refractivity (Wildman–Crippen MR) is 112 cm³/mol. The number of carbonyl (C=O) groups excluding carboxylic acids is 2. The molecule has 0 unspecified atom stereocenters. The van der Waals surface area contributed by atoms with Gasteiger partial charge in [0.05, 0.1) is 0 Å². The van der Waals surface area contributed by atoms with Crippen LogP contribution in [0.5, 0.6) is 0 Å². The highest BCUT2D eigenvalue weighted by Crippen LogP contribution is 2.25. The Kier molecular flexibility index (Phi) is 7.47. The van der Waals surface area contributed by atoms with Gasteiger partial charge < -0.3 is 14.6 Å². The molecule has 150 valence electrons.